The minimum atomic E-state index is 0.598. The van der Waals surface area contributed by atoms with Crippen LogP contribution in [0.5, 0.6) is 11.5 Å². The topological polar surface area (TPSA) is 73.8 Å². The summed E-state index contributed by atoms with van der Waals surface area (Å²) < 4.78 is 17.0. The molecule has 1 fully saturated rings. The minimum Gasteiger partial charge on any atom is -0.496 e. The predicted molar refractivity (Wildman–Crippen MR) is 106 cm³/mol. The molecule has 0 amide bonds. The average molecular weight is 373 g/mol. The van der Waals surface area contributed by atoms with E-state index < -0.39 is 0 Å². The van der Waals surface area contributed by atoms with Gasteiger partial charge in [-0.1, -0.05) is 0 Å². The first kappa shape index (κ1) is 19.7. The molecule has 2 heterocycles. The highest BCUT2D eigenvalue weighted by Gasteiger charge is 2.23. The van der Waals surface area contributed by atoms with Crippen molar-refractivity contribution < 1.29 is 13.9 Å². The second kappa shape index (κ2) is 8.76. The van der Waals surface area contributed by atoms with Gasteiger partial charge in [0.15, 0.2) is 0 Å². The minimum absolute atomic E-state index is 0.598. The average Bonchev–Trinajstić information content (AvgIpc) is 3.02. The van der Waals surface area contributed by atoms with Gasteiger partial charge >= 0.3 is 0 Å². The molecule has 2 N–H and O–H groups in total. The molecule has 2 aromatic rings. The summed E-state index contributed by atoms with van der Waals surface area (Å²) in [5, 5.41) is 0. The van der Waals surface area contributed by atoms with Gasteiger partial charge in [0.25, 0.3) is 0 Å². The van der Waals surface area contributed by atoms with Gasteiger partial charge in [-0.25, -0.2) is 4.98 Å². The second-order valence-corrected chi connectivity index (χ2v) is 7.32. The Morgan fingerprint density at radius 3 is 2.78 bits per heavy atom. The van der Waals surface area contributed by atoms with Crippen LogP contribution in [-0.2, 0) is 6.54 Å². The highest BCUT2D eigenvalue weighted by molar-refractivity contribution is 5.68. The number of likely N-dealkylation sites (tertiary alicyclic amines) is 1. The first-order chi connectivity index (χ1) is 13.1. The van der Waals surface area contributed by atoms with E-state index in [9.17, 15) is 0 Å². The summed E-state index contributed by atoms with van der Waals surface area (Å²) >= 11 is 0. The van der Waals surface area contributed by atoms with Crippen LogP contribution in [0, 0.1) is 19.8 Å². The number of aromatic nitrogens is 1. The van der Waals surface area contributed by atoms with Crippen LogP contribution in [0.4, 0.5) is 0 Å². The molecule has 1 aromatic carbocycles. The molecule has 1 saturated heterocycles. The quantitative estimate of drug-likeness (QED) is 0.800. The molecule has 6 heteroatoms. The zero-order valence-corrected chi connectivity index (χ0v) is 16.9. The number of benzene rings is 1. The lowest BCUT2D eigenvalue weighted by molar-refractivity contribution is 0.161. The van der Waals surface area contributed by atoms with Crippen molar-refractivity contribution >= 4 is 0 Å². The van der Waals surface area contributed by atoms with Gasteiger partial charge in [-0.2, -0.15) is 0 Å². The van der Waals surface area contributed by atoms with Gasteiger partial charge in [0.2, 0.25) is 5.89 Å². The van der Waals surface area contributed by atoms with Crippen LogP contribution >= 0.6 is 0 Å². The molecule has 0 bridgehead atoms. The van der Waals surface area contributed by atoms with Gasteiger partial charge in [-0.3, -0.25) is 4.90 Å². The zero-order chi connectivity index (χ0) is 19.4. The zero-order valence-electron chi connectivity index (χ0n) is 16.9. The van der Waals surface area contributed by atoms with Crippen LogP contribution < -0.4 is 15.2 Å². The van der Waals surface area contributed by atoms with Crippen molar-refractivity contribution in [2.45, 2.75) is 39.7 Å². The Kier molecular flexibility index (Phi) is 6.39. The fourth-order valence-electron chi connectivity index (χ4n) is 3.99. The largest absolute Gasteiger partial charge is 0.496 e. The Balaban J connectivity index is 1.82. The first-order valence-electron chi connectivity index (χ1n) is 9.68. The number of nitrogens with two attached hydrogens (primary N) is 1. The Bertz CT molecular complexity index is 770. The highest BCUT2D eigenvalue weighted by atomic mass is 16.5. The van der Waals surface area contributed by atoms with Crippen LogP contribution in [0.25, 0.3) is 11.5 Å². The molecule has 0 aliphatic carbocycles. The van der Waals surface area contributed by atoms with E-state index in [1.807, 2.05) is 26.0 Å². The van der Waals surface area contributed by atoms with E-state index in [4.69, 9.17) is 24.6 Å². The third-order valence-electron chi connectivity index (χ3n) is 5.45. The number of nitrogens with zero attached hydrogens (tertiary/aromatic N) is 2. The van der Waals surface area contributed by atoms with E-state index in [1.54, 1.807) is 14.2 Å². The maximum Gasteiger partial charge on any atom is 0.230 e. The van der Waals surface area contributed by atoms with Gasteiger partial charge < -0.3 is 19.6 Å². The van der Waals surface area contributed by atoms with E-state index in [0.717, 1.165) is 66.7 Å². The van der Waals surface area contributed by atoms with Crippen LogP contribution in [0.3, 0.4) is 0 Å². The van der Waals surface area contributed by atoms with Gasteiger partial charge in [0.1, 0.15) is 17.3 Å². The Morgan fingerprint density at radius 1 is 1.26 bits per heavy atom. The van der Waals surface area contributed by atoms with Crippen molar-refractivity contribution in [2.75, 3.05) is 33.9 Å². The van der Waals surface area contributed by atoms with Gasteiger partial charge in [0, 0.05) is 18.7 Å². The van der Waals surface area contributed by atoms with E-state index >= 15 is 0 Å². The fraction of sp³-hybridized carbons (Fsp3) is 0.571. The summed E-state index contributed by atoms with van der Waals surface area (Å²) in [6, 6.07) is 3.87. The number of oxazole rings is 1. The van der Waals surface area contributed by atoms with Gasteiger partial charge in [-0.05, 0) is 64.3 Å². The van der Waals surface area contributed by atoms with E-state index in [2.05, 4.69) is 4.90 Å². The van der Waals surface area contributed by atoms with Crippen molar-refractivity contribution in [3.05, 3.63) is 29.2 Å². The molecule has 0 saturated carbocycles. The standard InChI is InChI=1S/C21H31N3O3/c1-14-19(25-3)8-7-17(20(14)26-4)21-23-18(15(2)27-21)13-24-11-5-6-16(12-24)9-10-22/h7-8,16H,5-6,9-13,22H2,1-4H3/t16-/m1/s1. The van der Waals surface area contributed by atoms with Crippen molar-refractivity contribution in [1.82, 2.24) is 9.88 Å². The molecule has 1 aliphatic rings. The first-order valence-corrected chi connectivity index (χ1v) is 9.68. The number of methoxy groups -OCH3 is 2. The smallest absolute Gasteiger partial charge is 0.230 e. The highest BCUT2D eigenvalue weighted by Crippen LogP contribution is 2.38. The van der Waals surface area contributed by atoms with Crippen LogP contribution in [-0.4, -0.2) is 43.7 Å². The van der Waals surface area contributed by atoms with E-state index in [1.165, 1.54) is 12.8 Å². The third kappa shape index (κ3) is 4.28. The molecule has 3 rings (SSSR count). The second-order valence-electron chi connectivity index (χ2n) is 7.32. The molecule has 1 aromatic heterocycles. The maximum absolute atomic E-state index is 6.01. The monoisotopic (exact) mass is 373 g/mol. The molecule has 27 heavy (non-hydrogen) atoms. The molecule has 148 valence electrons. The molecule has 0 radical (unpaired) electrons. The number of aryl methyl sites for hydroxylation is 1. The Labute approximate surface area is 161 Å². The van der Waals surface area contributed by atoms with Crippen LogP contribution in [0.1, 0.15) is 36.3 Å². The SMILES string of the molecule is COc1ccc(-c2nc(CN3CCC[C@H](CCN)C3)c(C)o2)c(OC)c1C. The summed E-state index contributed by atoms with van der Waals surface area (Å²) in [6.07, 6.45) is 3.60. The molecule has 0 unspecified atom stereocenters. The number of rotatable bonds is 7. The summed E-state index contributed by atoms with van der Waals surface area (Å²) in [5.74, 6) is 3.68. The Hall–Kier alpha value is -2.05. The van der Waals surface area contributed by atoms with E-state index in [0.29, 0.717) is 11.8 Å². The van der Waals surface area contributed by atoms with Crippen LogP contribution in [0.2, 0.25) is 0 Å². The van der Waals surface area contributed by atoms with Gasteiger partial charge in [0.05, 0.1) is 25.5 Å². The summed E-state index contributed by atoms with van der Waals surface area (Å²) in [4.78, 5) is 7.26. The number of piperidine rings is 1. The van der Waals surface area contributed by atoms with Gasteiger partial charge in [-0.15, -0.1) is 0 Å². The molecule has 1 atom stereocenters. The van der Waals surface area contributed by atoms with Crippen molar-refractivity contribution in [2.24, 2.45) is 11.7 Å². The normalized spacial score (nSPS) is 17.9. The van der Waals surface area contributed by atoms with Crippen molar-refractivity contribution in [1.29, 1.82) is 0 Å². The molecule has 0 spiro atoms. The number of hydrogen-bond donors (Lipinski definition) is 1. The molecular formula is C21H31N3O3. The summed E-state index contributed by atoms with van der Waals surface area (Å²) in [7, 11) is 3.32. The third-order valence-corrected chi connectivity index (χ3v) is 5.45. The maximum atomic E-state index is 6.01. The predicted octanol–water partition coefficient (Wildman–Crippen LogP) is 3.54. The lowest BCUT2D eigenvalue weighted by atomic mass is 9.95. The van der Waals surface area contributed by atoms with Crippen molar-refractivity contribution in [3.63, 3.8) is 0 Å². The molecule has 6 nitrogen and oxygen atoms in total. The van der Waals surface area contributed by atoms with Crippen molar-refractivity contribution in [3.8, 4) is 23.0 Å². The summed E-state index contributed by atoms with van der Waals surface area (Å²) in [6.45, 7) is 7.73. The Morgan fingerprint density at radius 2 is 2.07 bits per heavy atom. The fourth-order valence-corrected chi connectivity index (χ4v) is 3.99. The number of hydrogen-bond acceptors (Lipinski definition) is 6. The van der Waals surface area contributed by atoms with E-state index in [-0.39, 0.29) is 0 Å². The number of ether oxygens (including phenoxy) is 2. The molecule has 1 aliphatic heterocycles. The lowest BCUT2D eigenvalue weighted by Crippen LogP contribution is -2.35. The summed E-state index contributed by atoms with van der Waals surface area (Å²) in [5.41, 5.74) is 8.53. The van der Waals surface area contributed by atoms with Crippen LogP contribution in [0.15, 0.2) is 16.5 Å². The lowest BCUT2D eigenvalue weighted by Gasteiger charge is -2.32. The molecular weight excluding hydrogens is 342 g/mol.